The van der Waals surface area contributed by atoms with Crippen LogP contribution in [0.4, 0.5) is 5.82 Å². The number of nitrogens with zero attached hydrogens (tertiary/aromatic N) is 4. The van der Waals surface area contributed by atoms with Gasteiger partial charge in [0.05, 0.1) is 21.6 Å². The number of hydrogen-bond donors (Lipinski definition) is 4. The van der Waals surface area contributed by atoms with E-state index in [9.17, 15) is 19.5 Å². The Balaban J connectivity index is 1.65. The van der Waals surface area contributed by atoms with Crippen molar-refractivity contribution in [3.05, 3.63) is 45.0 Å². The van der Waals surface area contributed by atoms with Gasteiger partial charge in [-0.2, -0.15) is 5.10 Å². The lowest BCUT2D eigenvalue weighted by molar-refractivity contribution is -0.123. The Morgan fingerprint density at radius 2 is 1.97 bits per heavy atom. The zero-order chi connectivity index (χ0) is 24.4. The summed E-state index contributed by atoms with van der Waals surface area (Å²) >= 11 is 9.36. The Morgan fingerprint density at radius 1 is 1.26 bits per heavy atom. The van der Waals surface area contributed by atoms with Crippen LogP contribution in [0.25, 0.3) is 0 Å². The van der Waals surface area contributed by atoms with Crippen molar-refractivity contribution in [2.75, 3.05) is 31.5 Å². The van der Waals surface area contributed by atoms with Gasteiger partial charge in [0.15, 0.2) is 11.7 Å². The molecule has 1 aromatic heterocycles. The lowest BCUT2D eigenvalue weighted by Crippen LogP contribution is -2.46. The predicted octanol–water partition coefficient (Wildman–Crippen LogP) is 1.95. The first-order chi connectivity index (χ1) is 16.3. The maximum atomic E-state index is 12.9. The van der Waals surface area contributed by atoms with Crippen LogP contribution >= 0.6 is 27.5 Å². The minimum atomic E-state index is -1.32. The predicted molar refractivity (Wildman–Crippen MR) is 129 cm³/mol. The highest BCUT2D eigenvalue weighted by Gasteiger charge is 2.37. The van der Waals surface area contributed by atoms with Crippen molar-refractivity contribution >= 4 is 57.1 Å². The van der Waals surface area contributed by atoms with Gasteiger partial charge in [0, 0.05) is 19.6 Å². The van der Waals surface area contributed by atoms with Crippen LogP contribution in [0.15, 0.2) is 33.7 Å². The van der Waals surface area contributed by atoms with Crippen LogP contribution in [0.1, 0.15) is 39.7 Å². The van der Waals surface area contributed by atoms with Crippen molar-refractivity contribution in [1.29, 1.82) is 0 Å². The van der Waals surface area contributed by atoms with Crippen molar-refractivity contribution in [2.45, 2.75) is 18.9 Å². The lowest BCUT2D eigenvalue weighted by Gasteiger charge is -2.36. The number of carbonyl (C=O) groups excluding carboxylic acids is 2. The molecule has 4 rings (SSSR count). The third kappa shape index (κ3) is 4.73. The van der Waals surface area contributed by atoms with Crippen LogP contribution in [0.2, 0.25) is 5.02 Å². The molecule has 0 saturated carbocycles. The zero-order valence-electron chi connectivity index (χ0n) is 18.0. The van der Waals surface area contributed by atoms with Crippen LogP contribution in [-0.4, -0.2) is 69.7 Å². The number of aromatic nitrogens is 2. The van der Waals surface area contributed by atoms with Gasteiger partial charge in [-0.3, -0.25) is 14.6 Å². The molecule has 0 radical (unpaired) electrons. The SMILES string of the molecule is NC(=O)C(C1CCN(C2=NCCN2)CC1)n1nc(C(=O)O)c(Br)c1NC(=O)c1ccccc1Cl. The van der Waals surface area contributed by atoms with E-state index in [1.54, 1.807) is 18.2 Å². The first-order valence-electron chi connectivity index (χ1n) is 10.7. The molecule has 1 fully saturated rings. The van der Waals surface area contributed by atoms with Crippen LogP contribution in [-0.2, 0) is 4.79 Å². The average Bonchev–Trinajstić information content (AvgIpc) is 3.44. The number of likely N-dealkylation sites (tertiary alicyclic amines) is 1. The third-order valence-corrected chi connectivity index (χ3v) is 6.98. The Labute approximate surface area is 208 Å². The third-order valence-electron chi connectivity index (χ3n) is 5.90. The largest absolute Gasteiger partial charge is 0.476 e. The van der Waals surface area contributed by atoms with Crippen molar-refractivity contribution in [2.24, 2.45) is 16.6 Å². The zero-order valence-corrected chi connectivity index (χ0v) is 20.3. The highest BCUT2D eigenvalue weighted by atomic mass is 79.9. The summed E-state index contributed by atoms with van der Waals surface area (Å²) < 4.78 is 1.24. The van der Waals surface area contributed by atoms with Gasteiger partial charge < -0.3 is 26.4 Å². The summed E-state index contributed by atoms with van der Waals surface area (Å²) in [6.07, 6.45) is 1.21. The molecule has 0 aliphatic carbocycles. The number of nitrogens with one attached hydrogen (secondary N) is 2. The second-order valence-electron chi connectivity index (χ2n) is 8.00. The van der Waals surface area contributed by atoms with E-state index in [2.05, 4.69) is 41.6 Å². The van der Waals surface area contributed by atoms with E-state index < -0.39 is 23.8 Å². The Hall–Kier alpha value is -3.12. The molecule has 2 aliphatic rings. The molecule has 0 bridgehead atoms. The first-order valence-corrected chi connectivity index (χ1v) is 11.8. The maximum absolute atomic E-state index is 12.9. The minimum absolute atomic E-state index is 0.0235. The summed E-state index contributed by atoms with van der Waals surface area (Å²) in [5.41, 5.74) is 5.63. The standard InChI is InChI=1S/C21H23BrClN7O4/c22-14-15(20(33)34)28-30(18(14)27-19(32)12-3-1-2-4-13(12)23)16(17(24)31)11-5-9-29(10-6-11)21-25-7-8-26-21/h1-4,11,16H,5-10H2,(H2,24,31)(H,25,26)(H,27,32)(H,33,34). The molecule has 0 spiro atoms. The van der Waals surface area contributed by atoms with E-state index in [-0.39, 0.29) is 32.5 Å². The number of carboxylic acid groups (broad SMARTS) is 1. The van der Waals surface area contributed by atoms with Gasteiger partial charge in [0.25, 0.3) is 5.91 Å². The first kappa shape index (κ1) is 24.0. The Morgan fingerprint density at radius 3 is 2.56 bits per heavy atom. The molecule has 2 amide bonds. The number of amides is 2. The number of hydrogen-bond acceptors (Lipinski definition) is 7. The molecule has 1 atom stereocenters. The molecule has 1 saturated heterocycles. The normalized spacial score (nSPS) is 17.1. The minimum Gasteiger partial charge on any atom is -0.476 e. The van der Waals surface area contributed by atoms with Gasteiger partial charge in [-0.15, -0.1) is 0 Å². The number of rotatable bonds is 6. The van der Waals surface area contributed by atoms with Gasteiger partial charge in [-0.25, -0.2) is 9.48 Å². The molecule has 1 aromatic carbocycles. The van der Waals surface area contributed by atoms with Crippen molar-refractivity contribution < 1.29 is 19.5 Å². The average molecular weight is 553 g/mol. The summed E-state index contributed by atoms with van der Waals surface area (Å²) in [6.45, 7) is 2.82. The molecule has 3 heterocycles. The fourth-order valence-electron chi connectivity index (χ4n) is 4.26. The van der Waals surface area contributed by atoms with Crippen LogP contribution in [0.3, 0.4) is 0 Å². The Bertz CT molecular complexity index is 1160. The van der Waals surface area contributed by atoms with Gasteiger partial charge in [-0.1, -0.05) is 23.7 Å². The van der Waals surface area contributed by atoms with Gasteiger partial charge in [0.2, 0.25) is 5.91 Å². The lowest BCUT2D eigenvalue weighted by atomic mass is 9.89. The number of benzene rings is 1. The molecular weight excluding hydrogens is 530 g/mol. The van der Waals surface area contributed by atoms with Gasteiger partial charge in [-0.05, 0) is 46.8 Å². The van der Waals surface area contributed by atoms with Crippen LogP contribution < -0.4 is 16.4 Å². The number of aromatic carboxylic acids is 1. The number of carbonyl (C=O) groups is 3. The molecule has 180 valence electrons. The molecule has 34 heavy (non-hydrogen) atoms. The highest BCUT2D eigenvalue weighted by molar-refractivity contribution is 9.10. The molecule has 2 aliphatic heterocycles. The number of nitrogens with two attached hydrogens (primary N) is 1. The monoisotopic (exact) mass is 551 g/mol. The number of halogens is 2. The second kappa shape index (κ2) is 10.0. The number of anilines is 1. The van der Waals surface area contributed by atoms with Gasteiger partial charge >= 0.3 is 5.97 Å². The number of guanidine groups is 1. The molecule has 1 unspecified atom stereocenters. The molecule has 2 aromatic rings. The van der Waals surface area contributed by atoms with Crippen molar-refractivity contribution in [3.8, 4) is 0 Å². The number of aliphatic imine (C=N–C) groups is 1. The van der Waals surface area contributed by atoms with Crippen molar-refractivity contribution in [3.63, 3.8) is 0 Å². The van der Waals surface area contributed by atoms with E-state index in [0.717, 1.165) is 19.0 Å². The van der Waals surface area contributed by atoms with Gasteiger partial charge in [0.1, 0.15) is 11.9 Å². The quantitative estimate of drug-likeness (QED) is 0.427. The maximum Gasteiger partial charge on any atom is 0.357 e. The van der Waals surface area contributed by atoms with E-state index in [4.69, 9.17) is 17.3 Å². The number of carboxylic acids is 1. The summed E-state index contributed by atoms with van der Waals surface area (Å²) in [5, 5.41) is 19.9. The topological polar surface area (TPSA) is 155 Å². The number of piperidine rings is 1. The summed E-state index contributed by atoms with van der Waals surface area (Å²) in [5.74, 6) is -1.92. The van der Waals surface area contributed by atoms with Crippen molar-refractivity contribution in [1.82, 2.24) is 20.0 Å². The molecule has 5 N–H and O–H groups in total. The van der Waals surface area contributed by atoms with E-state index in [0.29, 0.717) is 25.9 Å². The fourth-order valence-corrected chi connectivity index (χ4v) is 5.01. The Kier molecular flexibility index (Phi) is 7.08. The fraction of sp³-hybridized carbons (Fsp3) is 0.381. The smallest absolute Gasteiger partial charge is 0.357 e. The van der Waals surface area contributed by atoms with E-state index in [1.165, 1.54) is 10.7 Å². The molecule has 11 nitrogen and oxygen atoms in total. The second-order valence-corrected chi connectivity index (χ2v) is 9.20. The summed E-state index contributed by atoms with van der Waals surface area (Å²) in [7, 11) is 0. The number of primary amides is 1. The van der Waals surface area contributed by atoms with E-state index >= 15 is 0 Å². The van der Waals surface area contributed by atoms with Crippen LogP contribution in [0.5, 0.6) is 0 Å². The molecule has 13 heteroatoms. The summed E-state index contributed by atoms with van der Waals surface area (Å²) in [4.78, 5) is 43.9. The van der Waals surface area contributed by atoms with E-state index in [1.807, 2.05) is 0 Å². The van der Waals surface area contributed by atoms with Crippen LogP contribution in [0, 0.1) is 5.92 Å². The summed E-state index contributed by atoms with van der Waals surface area (Å²) in [6, 6.07) is 5.47. The highest BCUT2D eigenvalue weighted by Crippen LogP contribution is 2.36. The molecular formula is C21H23BrClN7O4.